The van der Waals surface area contributed by atoms with E-state index in [-0.39, 0.29) is 6.17 Å². The highest BCUT2D eigenvalue weighted by molar-refractivity contribution is 6.22. The molecule has 10 rings (SSSR count). The van der Waals surface area contributed by atoms with Gasteiger partial charge >= 0.3 is 0 Å². The molecule has 4 heteroatoms. The molecule has 0 aliphatic carbocycles. The number of furan rings is 1. The molecule has 0 fully saturated rings. The number of amidine groups is 2. The van der Waals surface area contributed by atoms with E-state index in [2.05, 4.69) is 139 Å². The molecule has 0 bridgehead atoms. The zero-order valence-corrected chi connectivity index (χ0v) is 26.5. The van der Waals surface area contributed by atoms with Gasteiger partial charge in [0, 0.05) is 21.9 Å². The van der Waals surface area contributed by atoms with E-state index in [0.29, 0.717) is 5.84 Å². The first kappa shape index (κ1) is 27.6. The standard InChI is InChI=1S/C45H29N3O/c1-2-11-31(12-3-1)43-46-44(35-22-20-30-19-18-29-10-6-7-14-36(29)38(30)27-35)48-45(47-43)37-15-8-16-41-42(37)39-26-34(23-24-40(39)49-41)33-21-17-28-9-4-5-13-32(28)25-33/h1-27,44H,(H,46,47,48). The first-order valence-corrected chi connectivity index (χ1v) is 16.6. The van der Waals surface area contributed by atoms with E-state index in [0.717, 1.165) is 50.0 Å². The van der Waals surface area contributed by atoms with Crippen molar-refractivity contribution in [2.75, 3.05) is 0 Å². The monoisotopic (exact) mass is 627 g/mol. The predicted molar refractivity (Wildman–Crippen MR) is 204 cm³/mol. The molecule has 1 aliphatic heterocycles. The van der Waals surface area contributed by atoms with Crippen molar-refractivity contribution in [3.63, 3.8) is 0 Å². The van der Waals surface area contributed by atoms with E-state index in [4.69, 9.17) is 14.4 Å². The van der Waals surface area contributed by atoms with Gasteiger partial charge in [-0.2, -0.15) is 0 Å². The Morgan fingerprint density at radius 2 is 1.18 bits per heavy atom. The van der Waals surface area contributed by atoms with Crippen LogP contribution in [-0.2, 0) is 0 Å². The Morgan fingerprint density at radius 1 is 0.469 bits per heavy atom. The normalized spacial score (nSPS) is 14.7. The van der Waals surface area contributed by atoms with Crippen molar-refractivity contribution >= 4 is 65.9 Å². The third-order valence-corrected chi connectivity index (χ3v) is 9.69. The third kappa shape index (κ3) is 4.68. The Morgan fingerprint density at radius 3 is 2.08 bits per heavy atom. The van der Waals surface area contributed by atoms with Gasteiger partial charge in [0.2, 0.25) is 0 Å². The van der Waals surface area contributed by atoms with E-state index < -0.39 is 0 Å². The first-order valence-electron chi connectivity index (χ1n) is 16.6. The Labute approximate surface area is 282 Å². The number of aliphatic imine (C=N–C) groups is 2. The second kappa shape index (κ2) is 11.0. The van der Waals surface area contributed by atoms with Gasteiger partial charge in [0.05, 0.1) is 0 Å². The van der Waals surface area contributed by atoms with Crippen LogP contribution >= 0.6 is 0 Å². The van der Waals surface area contributed by atoms with Gasteiger partial charge in [-0.05, 0) is 79.3 Å². The summed E-state index contributed by atoms with van der Waals surface area (Å²) in [6.45, 7) is 0. The van der Waals surface area contributed by atoms with Crippen molar-refractivity contribution in [1.82, 2.24) is 5.32 Å². The molecule has 0 saturated carbocycles. The maximum absolute atomic E-state index is 6.44. The van der Waals surface area contributed by atoms with E-state index in [1.165, 1.54) is 37.9 Å². The molecule has 1 aliphatic rings. The number of fused-ring (bicyclic) bond motifs is 7. The molecule has 1 atom stereocenters. The van der Waals surface area contributed by atoms with Gasteiger partial charge in [0.25, 0.3) is 0 Å². The summed E-state index contributed by atoms with van der Waals surface area (Å²) in [5, 5.41) is 13.0. The summed E-state index contributed by atoms with van der Waals surface area (Å²) in [6.07, 6.45) is -0.340. The zero-order valence-electron chi connectivity index (χ0n) is 26.5. The molecule has 0 amide bonds. The summed E-state index contributed by atoms with van der Waals surface area (Å²) >= 11 is 0. The van der Waals surface area contributed by atoms with Gasteiger partial charge in [-0.25, -0.2) is 9.98 Å². The molecule has 230 valence electrons. The molecule has 1 unspecified atom stereocenters. The van der Waals surface area contributed by atoms with Crippen molar-refractivity contribution in [1.29, 1.82) is 0 Å². The van der Waals surface area contributed by atoms with Crippen LogP contribution in [0.5, 0.6) is 0 Å². The highest BCUT2D eigenvalue weighted by Gasteiger charge is 2.24. The van der Waals surface area contributed by atoms with Crippen molar-refractivity contribution in [3.8, 4) is 11.1 Å². The third-order valence-electron chi connectivity index (χ3n) is 9.69. The summed E-state index contributed by atoms with van der Waals surface area (Å²) in [7, 11) is 0. The molecule has 0 spiro atoms. The Balaban J connectivity index is 1.16. The Bertz CT molecular complexity index is 2810. The largest absolute Gasteiger partial charge is 0.456 e. The number of nitrogens with one attached hydrogen (secondary N) is 1. The van der Waals surface area contributed by atoms with Gasteiger partial charge in [-0.1, -0.05) is 133 Å². The maximum atomic E-state index is 6.44. The molecule has 49 heavy (non-hydrogen) atoms. The Kier molecular flexibility index (Phi) is 6.21. The fourth-order valence-electron chi connectivity index (χ4n) is 7.23. The molecule has 0 radical (unpaired) electrons. The van der Waals surface area contributed by atoms with Crippen LogP contribution in [0.25, 0.3) is 65.4 Å². The number of nitrogens with zero attached hydrogens (tertiary/aromatic N) is 2. The van der Waals surface area contributed by atoms with Gasteiger partial charge in [-0.3, -0.25) is 0 Å². The topological polar surface area (TPSA) is 49.9 Å². The number of hydrogen-bond donors (Lipinski definition) is 1. The lowest BCUT2D eigenvalue weighted by molar-refractivity contribution is 0.668. The molecule has 9 aromatic rings. The highest BCUT2D eigenvalue weighted by Crippen LogP contribution is 2.37. The minimum Gasteiger partial charge on any atom is -0.456 e. The van der Waals surface area contributed by atoms with Gasteiger partial charge < -0.3 is 9.73 Å². The van der Waals surface area contributed by atoms with E-state index >= 15 is 0 Å². The lowest BCUT2D eigenvalue weighted by Gasteiger charge is -2.24. The molecule has 1 N–H and O–H groups in total. The lowest BCUT2D eigenvalue weighted by atomic mass is 9.98. The van der Waals surface area contributed by atoms with Crippen molar-refractivity contribution in [3.05, 3.63) is 180 Å². The van der Waals surface area contributed by atoms with Crippen LogP contribution in [0.4, 0.5) is 0 Å². The number of benzene rings is 8. The average molecular weight is 628 g/mol. The molecular formula is C45H29N3O. The Hall–Kier alpha value is -6.52. The van der Waals surface area contributed by atoms with Crippen LogP contribution in [0, 0.1) is 0 Å². The second-order valence-corrected chi connectivity index (χ2v) is 12.6. The molecule has 8 aromatic carbocycles. The van der Waals surface area contributed by atoms with Crippen molar-refractivity contribution in [2.45, 2.75) is 6.17 Å². The molecule has 1 aromatic heterocycles. The SMILES string of the molecule is c1ccc(C2=NC(c3cccc4oc5ccc(-c6ccc7ccccc7c6)cc5c34)=NC(c3ccc4ccc5ccccc5c4c3)N2)cc1. The zero-order chi connectivity index (χ0) is 32.3. The van der Waals surface area contributed by atoms with Crippen LogP contribution in [-0.4, -0.2) is 11.7 Å². The first-order chi connectivity index (χ1) is 24.2. The summed E-state index contributed by atoms with van der Waals surface area (Å²) in [6, 6.07) is 57.6. The van der Waals surface area contributed by atoms with E-state index in [1.54, 1.807) is 0 Å². The second-order valence-electron chi connectivity index (χ2n) is 12.6. The molecular weight excluding hydrogens is 599 g/mol. The number of hydrogen-bond acceptors (Lipinski definition) is 4. The molecule has 2 heterocycles. The van der Waals surface area contributed by atoms with Crippen LogP contribution < -0.4 is 5.32 Å². The minimum absolute atomic E-state index is 0.340. The summed E-state index contributed by atoms with van der Waals surface area (Å²) < 4.78 is 6.44. The van der Waals surface area contributed by atoms with Crippen molar-refractivity contribution in [2.24, 2.45) is 9.98 Å². The van der Waals surface area contributed by atoms with Gasteiger partial charge in [0.15, 0.2) is 5.84 Å². The van der Waals surface area contributed by atoms with Crippen LogP contribution in [0.1, 0.15) is 22.9 Å². The summed E-state index contributed by atoms with van der Waals surface area (Å²) in [5.74, 6) is 1.46. The molecule has 4 nitrogen and oxygen atoms in total. The van der Waals surface area contributed by atoms with Crippen LogP contribution in [0.2, 0.25) is 0 Å². The predicted octanol–water partition coefficient (Wildman–Crippen LogP) is 11.2. The lowest BCUT2D eigenvalue weighted by Crippen LogP contribution is -2.33. The number of rotatable bonds is 4. The minimum atomic E-state index is -0.340. The van der Waals surface area contributed by atoms with Crippen LogP contribution in [0.15, 0.2) is 178 Å². The van der Waals surface area contributed by atoms with E-state index in [9.17, 15) is 0 Å². The van der Waals surface area contributed by atoms with Crippen LogP contribution in [0.3, 0.4) is 0 Å². The van der Waals surface area contributed by atoms with Crippen molar-refractivity contribution < 1.29 is 4.42 Å². The smallest absolute Gasteiger partial charge is 0.160 e. The fraction of sp³-hybridized carbons (Fsp3) is 0.0222. The summed E-state index contributed by atoms with van der Waals surface area (Å²) in [4.78, 5) is 10.5. The molecule has 0 saturated heterocycles. The summed E-state index contributed by atoms with van der Waals surface area (Å²) in [5.41, 5.74) is 6.98. The quantitative estimate of drug-likeness (QED) is 0.197. The maximum Gasteiger partial charge on any atom is 0.160 e. The van der Waals surface area contributed by atoms with Gasteiger partial charge in [0.1, 0.15) is 23.2 Å². The average Bonchev–Trinajstić information content (AvgIpc) is 3.56. The van der Waals surface area contributed by atoms with Gasteiger partial charge in [-0.15, -0.1) is 0 Å². The highest BCUT2D eigenvalue weighted by atomic mass is 16.3. The van der Waals surface area contributed by atoms with E-state index in [1.807, 2.05) is 30.3 Å². The fourth-order valence-corrected chi connectivity index (χ4v) is 7.23.